The molecule has 21 heavy (non-hydrogen) atoms. The van der Waals surface area contributed by atoms with Gasteiger partial charge in [0.15, 0.2) is 0 Å². The zero-order valence-corrected chi connectivity index (χ0v) is 12.4. The third kappa shape index (κ3) is 4.62. The van der Waals surface area contributed by atoms with Crippen molar-refractivity contribution in [2.24, 2.45) is 0 Å². The van der Waals surface area contributed by atoms with Crippen LogP contribution in [0, 0.1) is 11.6 Å². The van der Waals surface area contributed by atoms with Crippen LogP contribution in [-0.4, -0.2) is 19.0 Å². The van der Waals surface area contributed by atoms with Gasteiger partial charge in [0.2, 0.25) is 0 Å². The van der Waals surface area contributed by atoms with Gasteiger partial charge in [0.1, 0.15) is 11.6 Å². The van der Waals surface area contributed by atoms with Crippen LogP contribution < -0.4 is 5.32 Å². The molecule has 0 aliphatic rings. The van der Waals surface area contributed by atoms with Crippen molar-refractivity contribution in [3.63, 3.8) is 0 Å². The van der Waals surface area contributed by atoms with Gasteiger partial charge in [0.25, 0.3) is 0 Å². The summed E-state index contributed by atoms with van der Waals surface area (Å²) in [7, 11) is 3.76. The summed E-state index contributed by atoms with van der Waals surface area (Å²) in [5.41, 5.74) is 2.58. The first-order chi connectivity index (χ1) is 10.1. The lowest BCUT2D eigenvalue weighted by Crippen LogP contribution is -2.18. The first-order valence-corrected chi connectivity index (χ1v) is 6.93. The zero-order chi connectivity index (χ0) is 15.2. The summed E-state index contributed by atoms with van der Waals surface area (Å²) in [5.74, 6) is -0.455. The van der Waals surface area contributed by atoms with E-state index in [0.29, 0.717) is 25.2 Å². The molecule has 0 aromatic heterocycles. The Bertz CT molecular complexity index is 599. The van der Waals surface area contributed by atoms with Crippen molar-refractivity contribution in [2.75, 3.05) is 14.1 Å². The number of hydrogen-bond acceptors (Lipinski definition) is 2. The Morgan fingerprint density at radius 1 is 1.00 bits per heavy atom. The Kier molecular flexibility index (Phi) is 5.42. The quantitative estimate of drug-likeness (QED) is 0.878. The average molecular weight is 290 g/mol. The highest BCUT2D eigenvalue weighted by molar-refractivity contribution is 5.25. The lowest BCUT2D eigenvalue weighted by molar-refractivity contribution is 0.313. The number of nitrogens with one attached hydrogen (secondary N) is 1. The summed E-state index contributed by atoms with van der Waals surface area (Å²) in [6.45, 7) is 1.77. The van der Waals surface area contributed by atoms with Crippen LogP contribution in [0.5, 0.6) is 0 Å². The van der Waals surface area contributed by atoms with Crippen LogP contribution in [0.25, 0.3) is 0 Å². The number of halogens is 2. The molecule has 0 saturated heterocycles. The monoisotopic (exact) mass is 290 g/mol. The maximum atomic E-state index is 13.9. The van der Waals surface area contributed by atoms with Crippen molar-refractivity contribution in [3.8, 4) is 0 Å². The van der Waals surface area contributed by atoms with E-state index in [1.54, 1.807) is 12.1 Å². The van der Waals surface area contributed by atoms with E-state index in [0.717, 1.165) is 11.1 Å². The van der Waals surface area contributed by atoms with Gasteiger partial charge in [-0.2, -0.15) is 0 Å². The molecule has 0 bridgehead atoms. The van der Waals surface area contributed by atoms with E-state index in [1.165, 1.54) is 18.2 Å². The molecule has 2 aromatic carbocycles. The maximum absolute atomic E-state index is 13.9. The average Bonchev–Trinajstić information content (AvgIpc) is 2.43. The predicted molar refractivity (Wildman–Crippen MR) is 80.7 cm³/mol. The van der Waals surface area contributed by atoms with Gasteiger partial charge in [-0.3, -0.25) is 4.90 Å². The lowest BCUT2D eigenvalue weighted by Gasteiger charge is -2.18. The van der Waals surface area contributed by atoms with Crippen molar-refractivity contribution < 1.29 is 8.78 Å². The SMILES string of the molecule is CNCc1ccc(F)c(CN(C)Cc2cccc(F)c2)c1. The van der Waals surface area contributed by atoms with E-state index in [1.807, 2.05) is 31.1 Å². The standard InChI is InChI=1S/C17H20F2N2/c1-20-10-13-6-7-17(19)15(8-13)12-21(2)11-14-4-3-5-16(18)9-14/h3-9,20H,10-12H2,1-2H3. The van der Waals surface area contributed by atoms with Gasteiger partial charge < -0.3 is 5.32 Å². The smallest absolute Gasteiger partial charge is 0.127 e. The van der Waals surface area contributed by atoms with E-state index >= 15 is 0 Å². The van der Waals surface area contributed by atoms with E-state index in [2.05, 4.69) is 5.32 Å². The number of rotatable bonds is 6. The van der Waals surface area contributed by atoms with Gasteiger partial charge in [0, 0.05) is 25.2 Å². The Balaban J connectivity index is 2.05. The molecular formula is C17H20F2N2. The summed E-state index contributed by atoms with van der Waals surface area (Å²) in [5, 5.41) is 3.05. The molecule has 0 fully saturated rings. The molecule has 2 aromatic rings. The Morgan fingerprint density at radius 2 is 1.81 bits per heavy atom. The van der Waals surface area contributed by atoms with E-state index < -0.39 is 0 Å². The molecule has 0 radical (unpaired) electrons. The molecule has 0 amide bonds. The second-order valence-corrected chi connectivity index (χ2v) is 5.26. The summed E-state index contributed by atoms with van der Waals surface area (Å²) < 4.78 is 27.0. The van der Waals surface area contributed by atoms with Gasteiger partial charge >= 0.3 is 0 Å². The molecule has 0 atom stereocenters. The van der Waals surface area contributed by atoms with Crippen molar-refractivity contribution in [1.29, 1.82) is 0 Å². The second kappa shape index (κ2) is 7.29. The third-order valence-corrected chi connectivity index (χ3v) is 3.27. The number of benzene rings is 2. The van der Waals surface area contributed by atoms with Crippen LogP contribution >= 0.6 is 0 Å². The molecule has 112 valence electrons. The normalized spacial score (nSPS) is 11.1. The Labute approximate surface area is 124 Å². The second-order valence-electron chi connectivity index (χ2n) is 5.26. The highest BCUT2D eigenvalue weighted by atomic mass is 19.1. The molecule has 4 heteroatoms. The molecule has 0 aliphatic heterocycles. The highest BCUT2D eigenvalue weighted by Crippen LogP contribution is 2.14. The zero-order valence-electron chi connectivity index (χ0n) is 12.4. The molecule has 2 rings (SSSR count). The van der Waals surface area contributed by atoms with Crippen molar-refractivity contribution in [1.82, 2.24) is 10.2 Å². The van der Waals surface area contributed by atoms with Gasteiger partial charge in [-0.25, -0.2) is 8.78 Å². The van der Waals surface area contributed by atoms with Crippen LogP contribution in [0.15, 0.2) is 42.5 Å². The minimum Gasteiger partial charge on any atom is -0.316 e. The fraction of sp³-hybridized carbons (Fsp3) is 0.294. The minimum atomic E-state index is -0.247. The van der Waals surface area contributed by atoms with Crippen molar-refractivity contribution >= 4 is 0 Å². The Hall–Kier alpha value is -1.78. The van der Waals surface area contributed by atoms with Crippen LogP contribution in [-0.2, 0) is 19.6 Å². The molecule has 0 unspecified atom stereocenters. The molecule has 2 nitrogen and oxygen atoms in total. The summed E-state index contributed by atoms with van der Waals surface area (Å²) in [6.07, 6.45) is 0. The van der Waals surface area contributed by atoms with Gasteiger partial charge in [-0.05, 0) is 43.4 Å². The topological polar surface area (TPSA) is 15.3 Å². The first kappa shape index (κ1) is 15.6. The van der Waals surface area contributed by atoms with Gasteiger partial charge in [-0.15, -0.1) is 0 Å². The molecule has 0 saturated carbocycles. The number of nitrogens with zero attached hydrogens (tertiary/aromatic N) is 1. The van der Waals surface area contributed by atoms with Crippen LogP contribution in [0.1, 0.15) is 16.7 Å². The first-order valence-electron chi connectivity index (χ1n) is 6.93. The summed E-state index contributed by atoms with van der Waals surface area (Å²) >= 11 is 0. The van der Waals surface area contributed by atoms with Crippen LogP contribution in [0.2, 0.25) is 0 Å². The third-order valence-electron chi connectivity index (χ3n) is 3.27. The Morgan fingerprint density at radius 3 is 2.52 bits per heavy atom. The fourth-order valence-corrected chi connectivity index (χ4v) is 2.36. The van der Waals surface area contributed by atoms with Gasteiger partial charge in [0.05, 0.1) is 0 Å². The molecule has 0 aliphatic carbocycles. The highest BCUT2D eigenvalue weighted by Gasteiger charge is 2.08. The van der Waals surface area contributed by atoms with Crippen LogP contribution in [0.4, 0.5) is 8.78 Å². The van der Waals surface area contributed by atoms with Crippen molar-refractivity contribution in [2.45, 2.75) is 19.6 Å². The molecule has 1 N–H and O–H groups in total. The van der Waals surface area contributed by atoms with E-state index in [4.69, 9.17) is 0 Å². The maximum Gasteiger partial charge on any atom is 0.127 e. The molecular weight excluding hydrogens is 270 g/mol. The van der Waals surface area contributed by atoms with Gasteiger partial charge in [-0.1, -0.05) is 24.3 Å². The molecule has 0 spiro atoms. The fourth-order valence-electron chi connectivity index (χ4n) is 2.36. The van der Waals surface area contributed by atoms with E-state index in [-0.39, 0.29) is 11.6 Å². The van der Waals surface area contributed by atoms with E-state index in [9.17, 15) is 8.78 Å². The molecule has 0 heterocycles. The minimum absolute atomic E-state index is 0.207. The number of hydrogen-bond donors (Lipinski definition) is 1. The summed E-state index contributed by atoms with van der Waals surface area (Å²) in [4.78, 5) is 1.97. The van der Waals surface area contributed by atoms with Crippen molar-refractivity contribution in [3.05, 3.63) is 70.8 Å². The van der Waals surface area contributed by atoms with Crippen LogP contribution in [0.3, 0.4) is 0 Å². The predicted octanol–water partition coefficient (Wildman–Crippen LogP) is 3.32. The largest absolute Gasteiger partial charge is 0.316 e. The summed E-state index contributed by atoms with van der Waals surface area (Å²) in [6, 6.07) is 11.6. The lowest BCUT2D eigenvalue weighted by atomic mass is 10.1.